The summed E-state index contributed by atoms with van der Waals surface area (Å²) in [6, 6.07) is 9.08. The van der Waals surface area contributed by atoms with E-state index in [0.29, 0.717) is 6.04 Å². The number of nitrogens with one attached hydrogen (secondary N) is 1. The van der Waals surface area contributed by atoms with Gasteiger partial charge in [0.1, 0.15) is 5.75 Å². The van der Waals surface area contributed by atoms with Crippen LogP contribution in [-0.4, -0.2) is 13.2 Å². The van der Waals surface area contributed by atoms with Crippen LogP contribution in [0, 0.1) is 5.92 Å². The fourth-order valence-corrected chi connectivity index (χ4v) is 2.24. The fourth-order valence-electron chi connectivity index (χ4n) is 2.24. The molecule has 2 atom stereocenters. The molecule has 0 spiro atoms. The van der Waals surface area contributed by atoms with E-state index in [-0.39, 0.29) is 0 Å². The van der Waals surface area contributed by atoms with Gasteiger partial charge in [0.2, 0.25) is 0 Å². The summed E-state index contributed by atoms with van der Waals surface area (Å²) in [4.78, 5) is 0. The van der Waals surface area contributed by atoms with Crippen LogP contribution in [0.4, 0.5) is 0 Å². The highest BCUT2D eigenvalue weighted by atomic mass is 16.5. The molecule has 0 aliphatic carbocycles. The smallest absolute Gasteiger partial charge is 0.119 e. The Morgan fingerprint density at radius 3 is 2.30 bits per heavy atom. The molecule has 0 saturated carbocycles. The lowest BCUT2D eigenvalue weighted by molar-refractivity contribution is 0.317. The third-order valence-corrected chi connectivity index (χ3v) is 3.73. The van der Waals surface area contributed by atoms with E-state index in [1.54, 1.807) is 0 Å². The molecule has 0 amide bonds. The summed E-state index contributed by atoms with van der Waals surface area (Å²) in [5, 5.41) is 3.67. The molecule has 2 heteroatoms. The van der Waals surface area contributed by atoms with Crippen LogP contribution < -0.4 is 10.1 Å². The van der Waals surface area contributed by atoms with Crippen molar-refractivity contribution < 1.29 is 4.74 Å². The van der Waals surface area contributed by atoms with Crippen molar-refractivity contribution in [1.82, 2.24) is 5.32 Å². The Balaban J connectivity index is 2.68. The van der Waals surface area contributed by atoms with Crippen molar-refractivity contribution in [3.63, 3.8) is 0 Å². The molecule has 0 heterocycles. The van der Waals surface area contributed by atoms with E-state index in [1.165, 1.54) is 24.8 Å². The van der Waals surface area contributed by atoms with Gasteiger partial charge >= 0.3 is 0 Å². The van der Waals surface area contributed by atoms with Crippen LogP contribution in [0.15, 0.2) is 24.3 Å². The molecule has 0 saturated heterocycles. The summed E-state index contributed by atoms with van der Waals surface area (Å²) >= 11 is 0. The number of hydrogen-bond acceptors (Lipinski definition) is 2. The lowest BCUT2D eigenvalue weighted by Crippen LogP contribution is -2.23. The minimum absolute atomic E-state index is 0.463. The normalized spacial score (nSPS) is 14.0. The summed E-state index contributed by atoms with van der Waals surface area (Å²) in [5.41, 5.74) is 1.38. The maximum absolute atomic E-state index is 5.65. The molecule has 1 aromatic carbocycles. The van der Waals surface area contributed by atoms with Crippen molar-refractivity contribution in [3.05, 3.63) is 29.8 Å². The van der Waals surface area contributed by atoms with Gasteiger partial charge in [0.15, 0.2) is 0 Å². The SMILES string of the molecule is CCCNC(CC(C)CC)c1ccc(OCCC)cc1. The molecule has 1 aromatic rings. The molecule has 0 aliphatic heterocycles. The van der Waals surface area contributed by atoms with Crippen LogP contribution in [-0.2, 0) is 0 Å². The molecule has 114 valence electrons. The summed E-state index contributed by atoms with van der Waals surface area (Å²) in [6.07, 6.45) is 4.67. The van der Waals surface area contributed by atoms with E-state index in [9.17, 15) is 0 Å². The van der Waals surface area contributed by atoms with Crippen LogP contribution in [0.25, 0.3) is 0 Å². The van der Waals surface area contributed by atoms with Gasteiger partial charge in [-0.1, -0.05) is 46.2 Å². The Bertz CT molecular complexity index is 347. The average molecular weight is 277 g/mol. The molecule has 0 aromatic heterocycles. The van der Waals surface area contributed by atoms with Crippen molar-refractivity contribution >= 4 is 0 Å². The van der Waals surface area contributed by atoms with Crippen molar-refractivity contribution in [2.45, 2.75) is 59.4 Å². The van der Waals surface area contributed by atoms with Crippen LogP contribution in [0.3, 0.4) is 0 Å². The summed E-state index contributed by atoms with van der Waals surface area (Å²) in [7, 11) is 0. The highest BCUT2D eigenvalue weighted by Crippen LogP contribution is 2.25. The monoisotopic (exact) mass is 277 g/mol. The van der Waals surface area contributed by atoms with E-state index in [0.717, 1.165) is 31.2 Å². The molecule has 0 fully saturated rings. The lowest BCUT2D eigenvalue weighted by atomic mass is 9.94. The second kappa shape index (κ2) is 9.82. The average Bonchev–Trinajstić information content (AvgIpc) is 2.49. The second-order valence-electron chi connectivity index (χ2n) is 5.67. The number of rotatable bonds is 10. The lowest BCUT2D eigenvalue weighted by Gasteiger charge is -2.22. The first-order chi connectivity index (χ1) is 9.71. The highest BCUT2D eigenvalue weighted by molar-refractivity contribution is 5.29. The first-order valence-electron chi connectivity index (χ1n) is 8.17. The number of ether oxygens (including phenoxy) is 1. The minimum atomic E-state index is 0.463. The van der Waals surface area contributed by atoms with Gasteiger partial charge in [-0.2, -0.15) is 0 Å². The first-order valence-corrected chi connectivity index (χ1v) is 8.17. The quantitative estimate of drug-likeness (QED) is 0.653. The summed E-state index contributed by atoms with van der Waals surface area (Å²) < 4.78 is 5.65. The Labute approximate surface area is 124 Å². The van der Waals surface area contributed by atoms with Crippen molar-refractivity contribution in [2.24, 2.45) is 5.92 Å². The Hall–Kier alpha value is -1.02. The molecular weight excluding hydrogens is 246 g/mol. The Morgan fingerprint density at radius 1 is 1.05 bits per heavy atom. The van der Waals surface area contributed by atoms with Gasteiger partial charge in [-0.05, 0) is 49.4 Å². The summed E-state index contributed by atoms with van der Waals surface area (Å²) in [6.45, 7) is 10.8. The predicted octanol–water partition coefficient (Wildman–Crippen LogP) is 4.95. The van der Waals surface area contributed by atoms with Gasteiger partial charge in [-0.3, -0.25) is 0 Å². The van der Waals surface area contributed by atoms with Crippen LogP contribution in [0.2, 0.25) is 0 Å². The molecule has 2 nitrogen and oxygen atoms in total. The molecule has 1 N–H and O–H groups in total. The van der Waals surface area contributed by atoms with E-state index >= 15 is 0 Å². The molecule has 20 heavy (non-hydrogen) atoms. The Kier molecular flexibility index (Phi) is 8.36. The third kappa shape index (κ3) is 5.96. The second-order valence-corrected chi connectivity index (χ2v) is 5.67. The van der Waals surface area contributed by atoms with E-state index < -0.39 is 0 Å². The van der Waals surface area contributed by atoms with E-state index in [2.05, 4.69) is 57.3 Å². The van der Waals surface area contributed by atoms with Crippen LogP contribution in [0.5, 0.6) is 5.75 Å². The zero-order valence-electron chi connectivity index (χ0n) is 13.6. The maximum Gasteiger partial charge on any atom is 0.119 e. The van der Waals surface area contributed by atoms with E-state index in [4.69, 9.17) is 4.74 Å². The fraction of sp³-hybridized carbons (Fsp3) is 0.667. The standard InChI is InChI=1S/C18H31NO/c1-5-12-19-18(14-15(4)7-3)16-8-10-17(11-9-16)20-13-6-2/h8-11,15,18-19H,5-7,12-14H2,1-4H3. The molecule has 1 rings (SSSR count). The number of benzene rings is 1. The largest absolute Gasteiger partial charge is 0.494 e. The van der Waals surface area contributed by atoms with E-state index in [1.807, 2.05) is 0 Å². The zero-order valence-corrected chi connectivity index (χ0v) is 13.6. The minimum Gasteiger partial charge on any atom is -0.494 e. The Morgan fingerprint density at radius 2 is 1.75 bits per heavy atom. The van der Waals surface area contributed by atoms with Crippen molar-refractivity contribution in [2.75, 3.05) is 13.2 Å². The molecule has 0 radical (unpaired) electrons. The first kappa shape index (κ1) is 17.0. The topological polar surface area (TPSA) is 21.3 Å². The van der Waals surface area contributed by atoms with Gasteiger partial charge in [0.25, 0.3) is 0 Å². The van der Waals surface area contributed by atoms with Gasteiger partial charge < -0.3 is 10.1 Å². The van der Waals surface area contributed by atoms with Gasteiger partial charge in [-0.15, -0.1) is 0 Å². The van der Waals surface area contributed by atoms with Crippen LogP contribution in [0.1, 0.15) is 65.0 Å². The number of hydrogen-bond donors (Lipinski definition) is 1. The summed E-state index contributed by atoms with van der Waals surface area (Å²) in [5.74, 6) is 1.73. The molecule has 0 bridgehead atoms. The maximum atomic E-state index is 5.65. The molecule has 2 unspecified atom stereocenters. The third-order valence-electron chi connectivity index (χ3n) is 3.73. The van der Waals surface area contributed by atoms with Crippen LogP contribution >= 0.6 is 0 Å². The van der Waals surface area contributed by atoms with Gasteiger partial charge in [-0.25, -0.2) is 0 Å². The van der Waals surface area contributed by atoms with Gasteiger partial charge in [0, 0.05) is 6.04 Å². The van der Waals surface area contributed by atoms with Crippen molar-refractivity contribution in [1.29, 1.82) is 0 Å². The highest BCUT2D eigenvalue weighted by Gasteiger charge is 2.13. The molecular formula is C18H31NO. The van der Waals surface area contributed by atoms with Crippen molar-refractivity contribution in [3.8, 4) is 5.75 Å². The predicted molar refractivity (Wildman–Crippen MR) is 87.3 cm³/mol. The van der Waals surface area contributed by atoms with Gasteiger partial charge in [0.05, 0.1) is 6.61 Å². The zero-order chi connectivity index (χ0) is 14.8. The molecule has 0 aliphatic rings.